The van der Waals surface area contributed by atoms with Gasteiger partial charge in [0.15, 0.2) is 5.54 Å². The summed E-state index contributed by atoms with van der Waals surface area (Å²) < 4.78 is 0. The van der Waals surface area contributed by atoms with Gasteiger partial charge in [0.05, 0.1) is 18.7 Å². The molecular formula is C12H20N4. The molecule has 0 amide bonds. The van der Waals surface area contributed by atoms with Gasteiger partial charge in [-0.2, -0.15) is 20.8 Å². The van der Waals surface area contributed by atoms with Crippen LogP contribution in [-0.4, -0.2) is 12.1 Å². The maximum Gasteiger partial charge on any atom is 0.164 e. The molecule has 0 N–H and O–H groups in total. The summed E-state index contributed by atoms with van der Waals surface area (Å²) in [7, 11) is 0. The molecule has 0 aliphatic carbocycles. The van der Waals surface area contributed by atoms with Gasteiger partial charge in [-0.25, -0.2) is 0 Å². The van der Waals surface area contributed by atoms with Crippen LogP contribution in [0.15, 0.2) is 10.2 Å². The zero-order valence-corrected chi connectivity index (χ0v) is 10.4. The minimum Gasteiger partial charge on any atom is -0.198 e. The summed E-state index contributed by atoms with van der Waals surface area (Å²) >= 11 is 0. The molecule has 4 heteroatoms. The van der Waals surface area contributed by atoms with Gasteiger partial charge in [0.2, 0.25) is 0 Å². The molecule has 4 nitrogen and oxygen atoms in total. The van der Waals surface area contributed by atoms with E-state index in [9.17, 15) is 0 Å². The quantitative estimate of drug-likeness (QED) is 0.486. The lowest BCUT2D eigenvalue weighted by atomic mass is 10.00. The summed E-state index contributed by atoms with van der Waals surface area (Å²) in [5.41, 5.74) is -0.671. The van der Waals surface area contributed by atoms with E-state index in [4.69, 9.17) is 10.5 Å². The topological polar surface area (TPSA) is 72.3 Å². The predicted molar refractivity (Wildman–Crippen MR) is 62.7 cm³/mol. The maximum absolute atomic E-state index is 8.95. The zero-order chi connectivity index (χ0) is 12.4. The first-order valence-corrected chi connectivity index (χ1v) is 5.77. The summed E-state index contributed by atoms with van der Waals surface area (Å²) in [5, 5.41) is 25.6. The van der Waals surface area contributed by atoms with Gasteiger partial charge in [-0.15, -0.1) is 0 Å². The molecule has 0 heterocycles. The highest BCUT2D eigenvalue weighted by molar-refractivity contribution is 5.02. The van der Waals surface area contributed by atoms with Crippen molar-refractivity contribution < 1.29 is 0 Å². The number of rotatable bonds is 7. The van der Waals surface area contributed by atoms with Crippen LogP contribution in [0, 0.1) is 28.6 Å². The Balaban J connectivity index is 3.92. The summed E-state index contributed by atoms with van der Waals surface area (Å²) in [4.78, 5) is 0. The van der Waals surface area contributed by atoms with Crippen molar-refractivity contribution in [3.05, 3.63) is 0 Å². The van der Waals surface area contributed by atoms with Crippen molar-refractivity contribution in [2.45, 2.75) is 52.0 Å². The Morgan fingerprint density at radius 3 is 2.56 bits per heavy atom. The standard InChI is InChI=1S/C12H20N4/c1-4-7-12(3,10-14)16-15-8-5-6-11(2)9-13/h11H,4-8H2,1-3H3. The third-order valence-electron chi connectivity index (χ3n) is 2.38. The lowest BCUT2D eigenvalue weighted by molar-refractivity contribution is 0.501. The summed E-state index contributed by atoms with van der Waals surface area (Å²) in [6.07, 6.45) is 3.36. The van der Waals surface area contributed by atoms with Crippen LogP contribution in [0.4, 0.5) is 0 Å². The van der Waals surface area contributed by atoms with E-state index in [1.54, 1.807) is 6.92 Å². The molecule has 0 fully saturated rings. The van der Waals surface area contributed by atoms with E-state index in [0.717, 1.165) is 25.7 Å². The van der Waals surface area contributed by atoms with E-state index in [2.05, 4.69) is 22.4 Å². The average Bonchev–Trinajstić information content (AvgIpc) is 2.28. The van der Waals surface area contributed by atoms with Gasteiger partial charge in [-0.3, -0.25) is 0 Å². The smallest absolute Gasteiger partial charge is 0.164 e. The first-order valence-electron chi connectivity index (χ1n) is 5.77. The SMILES string of the molecule is CCCC(C)(C#N)N=NCCCC(C)C#N. The number of hydrogen-bond donors (Lipinski definition) is 0. The van der Waals surface area contributed by atoms with Crippen molar-refractivity contribution in [1.82, 2.24) is 0 Å². The van der Waals surface area contributed by atoms with Gasteiger partial charge < -0.3 is 0 Å². The van der Waals surface area contributed by atoms with Gasteiger partial charge in [-0.05, 0) is 33.1 Å². The Bertz CT molecular complexity index is 297. The minimum atomic E-state index is -0.671. The van der Waals surface area contributed by atoms with E-state index in [-0.39, 0.29) is 5.92 Å². The van der Waals surface area contributed by atoms with E-state index < -0.39 is 5.54 Å². The Morgan fingerprint density at radius 2 is 2.06 bits per heavy atom. The first-order chi connectivity index (χ1) is 7.58. The Kier molecular flexibility index (Phi) is 7.12. The second-order valence-electron chi connectivity index (χ2n) is 4.27. The molecule has 0 aromatic carbocycles. The molecule has 2 unspecified atom stereocenters. The fourth-order valence-corrected chi connectivity index (χ4v) is 1.35. The van der Waals surface area contributed by atoms with Crippen molar-refractivity contribution in [1.29, 1.82) is 10.5 Å². The van der Waals surface area contributed by atoms with Crippen LogP contribution in [0.5, 0.6) is 0 Å². The van der Waals surface area contributed by atoms with E-state index in [0.29, 0.717) is 6.54 Å². The lowest BCUT2D eigenvalue weighted by Crippen LogP contribution is -2.17. The molecule has 0 saturated carbocycles. The van der Waals surface area contributed by atoms with E-state index >= 15 is 0 Å². The number of nitriles is 2. The fourth-order valence-electron chi connectivity index (χ4n) is 1.35. The second-order valence-corrected chi connectivity index (χ2v) is 4.27. The van der Waals surface area contributed by atoms with Crippen LogP contribution >= 0.6 is 0 Å². The minimum absolute atomic E-state index is 0.0770. The third-order valence-corrected chi connectivity index (χ3v) is 2.38. The molecule has 2 atom stereocenters. The molecule has 0 aromatic rings. The average molecular weight is 220 g/mol. The normalized spacial score (nSPS) is 16.3. The molecule has 0 radical (unpaired) electrons. The molecule has 16 heavy (non-hydrogen) atoms. The predicted octanol–water partition coefficient (Wildman–Crippen LogP) is 3.46. The number of hydrogen-bond acceptors (Lipinski definition) is 4. The van der Waals surface area contributed by atoms with Crippen LogP contribution in [0.25, 0.3) is 0 Å². The monoisotopic (exact) mass is 220 g/mol. The molecule has 0 aliphatic rings. The molecule has 0 aromatic heterocycles. The molecule has 0 bridgehead atoms. The summed E-state index contributed by atoms with van der Waals surface area (Å²) in [6, 6.07) is 4.36. The molecule has 0 saturated heterocycles. The zero-order valence-electron chi connectivity index (χ0n) is 10.4. The summed E-state index contributed by atoms with van der Waals surface area (Å²) in [6.45, 7) is 6.33. The van der Waals surface area contributed by atoms with Crippen LogP contribution in [0.1, 0.15) is 46.5 Å². The van der Waals surface area contributed by atoms with Crippen LogP contribution in [0.3, 0.4) is 0 Å². The largest absolute Gasteiger partial charge is 0.198 e. The number of azo groups is 1. The van der Waals surface area contributed by atoms with Crippen LogP contribution in [0.2, 0.25) is 0 Å². The third kappa shape index (κ3) is 6.14. The van der Waals surface area contributed by atoms with E-state index in [1.807, 2.05) is 13.8 Å². The van der Waals surface area contributed by atoms with Crippen molar-refractivity contribution in [3.63, 3.8) is 0 Å². The molecule has 0 spiro atoms. The van der Waals surface area contributed by atoms with Gasteiger partial charge in [0, 0.05) is 5.92 Å². The first kappa shape index (κ1) is 14.6. The lowest BCUT2D eigenvalue weighted by Gasteiger charge is -2.12. The van der Waals surface area contributed by atoms with Crippen molar-refractivity contribution in [2.24, 2.45) is 16.1 Å². The van der Waals surface area contributed by atoms with Gasteiger partial charge in [-0.1, -0.05) is 13.3 Å². The Hall–Kier alpha value is -1.42. The van der Waals surface area contributed by atoms with E-state index in [1.165, 1.54) is 0 Å². The van der Waals surface area contributed by atoms with Crippen molar-refractivity contribution in [2.75, 3.05) is 6.54 Å². The highest BCUT2D eigenvalue weighted by Gasteiger charge is 2.21. The van der Waals surface area contributed by atoms with Crippen LogP contribution < -0.4 is 0 Å². The maximum atomic E-state index is 8.95. The highest BCUT2D eigenvalue weighted by atomic mass is 15.1. The van der Waals surface area contributed by atoms with Gasteiger partial charge in [0.1, 0.15) is 0 Å². The van der Waals surface area contributed by atoms with Crippen LogP contribution in [-0.2, 0) is 0 Å². The molecule has 0 rings (SSSR count). The fraction of sp³-hybridized carbons (Fsp3) is 0.833. The van der Waals surface area contributed by atoms with Crippen molar-refractivity contribution >= 4 is 0 Å². The molecular weight excluding hydrogens is 200 g/mol. The highest BCUT2D eigenvalue weighted by Crippen LogP contribution is 2.16. The van der Waals surface area contributed by atoms with Gasteiger partial charge >= 0.3 is 0 Å². The number of nitrogens with zero attached hydrogens (tertiary/aromatic N) is 4. The second kappa shape index (κ2) is 7.82. The molecule has 0 aliphatic heterocycles. The molecule has 88 valence electrons. The Labute approximate surface area is 98.0 Å². The summed E-state index contributed by atoms with van der Waals surface area (Å²) in [5.74, 6) is 0.0770. The van der Waals surface area contributed by atoms with Gasteiger partial charge in [0.25, 0.3) is 0 Å². The van der Waals surface area contributed by atoms with Crippen molar-refractivity contribution in [3.8, 4) is 12.1 Å². The Morgan fingerprint density at radius 1 is 1.38 bits per heavy atom.